The molecular weight excluding hydrogens is 414 g/mol. The van der Waals surface area contributed by atoms with Gasteiger partial charge in [0.05, 0.1) is 6.26 Å². The second kappa shape index (κ2) is 9.29. The highest BCUT2D eigenvalue weighted by molar-refractivity contribution is 7.98. The highest BCUT2D eigenvalue weighted by Gasteiger charge is 2.13. The van der Waals surface area contributed by atoms with Crippen LogP contribution in [-0.2, 0) is 15.8 Å². The number of aromatic amines is 1. The molecule has 2 aromatic carbocycles. The van der Waals surface area contributed by atoms with Crippen LogP contribution >= 0.6 is 11.8 Å². The van der Waals surface area contributed by atoms with Crippen LogP contribution in [0, 0.1) is 0 Å². The number of thioether (sulfide) groups is 1. The number of H-pyrrole nitrogens is 1. The topological polar surface area (TPSA) is 65.2 Å². The fraction of sp³-hybridized carbons (Fsp3) is 0.304. The Hall–Kier alpha value is -2.22. The minimum Gasteiger partial charge on any atom is -0.361 e. The molecule has 0 aliphatic carbocycles. The van der Waals surface area contributed by atoms with E-state index < -0.39 is 10.0 Å². The zero-order valence-electron chi connectivity index (χ0n) is 17.1. The van der Waals surface area contributed by atoms with Crippen molar-refractivity contribution in [2.45, 2.75) is 12.2 Å². The van der Waals surface area contributed by atoms with Crippen molar-refractivity contribution in [1.29, 1.82) is 0 Å². The maximum Gasteiger partial charge on any atom is 0.229 e. The smallest absolute Gasteiger partial charge is 0.229 e. The van der Waals surface area contributed by atoms with E-state index in [9.17, 15) is 8.42 Å². The second-order valence-corrected chi connectivity index (χ2v) is 10.5. The number of nitrogens with one attached hydrogen (secondary N) is 2. The van der Waals surface area contributed by atoms with Crippen molar-refractivity contribution in [2.75, 3.05) is 36.4 Å². The summed E-state index contributed by atoms with van der Waals surface area (Å²) < 4.78 is 25.5. The highest BCUT2D eigenvalue weighted by atomic mass is 32.2. The van der Waals surface area contributed by atoms with Gasteiger partial charge in [0, 0.05) is 53.9 Å². The number of sulfonamides is 1. The molecule has 0 bridgehead atoms. The fourth-order valence-electron chi connectivity index (χ4n) is 3.78. The maximum atomic E-state index is 11.5. The SMILES string of the molecule is CS(=O)(=O)Nc1ccc2[nH]cc(CSCCN3CC=C(c4ccccc4)CC3)c2c1. The second-order valence-electron chi connectivity index (χ2n) is 7.65. The first-order chi connectivity index (χ1) is 14.5. The van der Waals surface area contributed by atoms with Crippen molar-refractivity contribution >= 4 is 43.9 Å². The Kier molecular flexibility index (Phi) is 6.51. The molecule has 5 nitrogen and oxygen atoms in total. The number of fused-ring (bicyclic) bond motifs is 1. The molecule has 0 radical (unpaired) electrons. The van der Waals surface area contributed by atoms with Crippen LogP contribution in [-0.4, -0.2) is 49.9 Å². The molecule has 3 aromatic rings. The van der Waals surface area contributed by atoms with Gasteiger partial charge < -0.3 is 4.98 Å². The molecule has 0 unspecified atom stereocenters. The normalized spacial score (nSPS) is 15.3. The van der Waals surface area contributed by atoms with Crippen molar-refractivity contribution in [3.63, 3.8) is 0 Å². The van der Waals surface area contributed by atoms with Gasteiger partial charge in [-0.2, -0.15) is 11.8 Å². The largest absolute Gasteiger partial charge is 0.361 e. The molecule has 2 heterocycles. The molecule has 1 aliphatic heterocycles. The number of benzene rings is 2. The van der Waals surface area contributed by atoms with E-state index in [0.717, 1.165) is 48.5 Å². The molecule has 0 spiro atoms. The number of aromatic nitrogens is 1. The molecule has 2 N–H and O–H groups in total. The predicted molar refractivity (Wildman–Crippen MR) is 128 cm³/mol. The molecule has 0 fully saturated rings. The summed E-state index contributed by atoms with van der Waals surface area (Å²) in [4.78, 5) is 5.78. The van der Waals surface area contributed by atoms with Gasteiger partial charge in [-0.05, 0) is 41.3 Å². The van der Waals surface area contributed by atoms with E-state index in [1.807, 2.05) is 30.1 Å². The highest BCUT2D eigenvalue weighted by Crippen LogP contribution is 2.26. The van der Waals surface area contributed by atoms with Crippen molar-refractivity contribution in [1.82, 2.24) is 9.88 Å². The first-order valence-corrected chi connectivity index (χ1v) is 13.1. The Bertz CT molecular complexity index is 1140. The average molecular weight is 442 g/mol. The van der Waals surface area contributed by atoms with E-state index in [4.69, 9.17) is 0 Å². The van der Waals surface area contributed by atoms with E-state index in [1.54, 1.807) is 6.07 Å². The Morgan fingerprint density at radius 3 is 2.73 bits per heavy atom. The van der Waals surface area contributed by atoms with Crippen molar-refractivity contribution in [3.05, 3.63) is 71.9 Å². The lowest BCUT2D eigenvalue weighted by atomic mass is 10.00. The van der Waals surface area contributed by atoms with E-state index in [1.165, 1.54) is 23.0 Å². The third-order valence-electron chi connectivity index (χ3n) is 5.32. The van der Waals surface area contributed by atoms with Gasteiger partial charge in [0.25, 0.3) is 0 Å². The van der Waals surface area contributed by atoms with E-state index in [-0.39, 0.29) is 0 Å². The molecule has 30 heavy (non-hydrogen) atoms. The molecule has 4 rings (SSSR count). The summed E-state index contributed by atoms with van der Waals surface area (Å²) in [5, 5.41) is 1.07. The third kappa shape index (κ3) is 5.47. The summed E-state index contributed by atoms with van der Waals surface area (Å²) in [5.74, 6) is 1.98. The zero-order chi connectivity index (χ0) is 21.0. The van der Waals surface area contributed by atoms with E-state index >= 15 is 0 Å². The summed E-state index contributed by atoms with van der Waals surface area (Å²) in [6, 6.07) is 16.3. The monoisotopic (exact) mass is 441 g/mol. The van der Waals surface area contributed by atoms with Crippen LogP contribution in [0.2, 0.25) is 0 Å². The average Bonchev–Trinajstić information content (AvgIpc) is 3.13. The molecule has 1 aliphatic rings. The summed E-state index contributed by atoms with van der Waals surface area (Å²) in [6.07, 6.45) is 6.66. The van der Waals surface area contributed by atoms with Gasteiger partial charge in [0.1, 0.15) is 0 Å². The van der Waals surface area contributed by atoms with Gasteiger partial charge >= 0.3 is 0 Å². The first-order valence-electron chi connectivity index (χ1n) is 10.1. The van der Waals surface area contributed by atoms with Gasteiger partial charge in [0.2, 0.25) is 10.0 Å². The van der Waals surface area contributed by atoms with Crippen LogP contribution in [0.5, 0.6) is 0 Å². The van der Waals surface area contributed by atoms with Gasteiger partial charge in [-0.3, -0.25) is 9.62 Å². The van der Waals surface area contributed by atoms with Crippen molar-refractivity contribution < 1.29 is 8.42 Å². The fourth-order valence-corrected chi connectivity index (χ4v) is 5.33. The van der Waals surface area contributed by atoms with Crippen LogP contribution in [0.4, 0.5) is 5.69 Å². The maximum absolute atomic E-state index is 11.5. The summed E-state index contributed by atoms with van der Waals surface area (Å²) >= 11 is 1.91. The van der Waals surface area contributed by atoms with Crippen LogP contribution in [0.25, 0.3) is 16.5 Å². The molecular formula is C23H27N3O2S2. The summed E-state index contributed by atoms with van der Waals surface area (Å²) in [5.41, 5.74) is 5.63. The van der Waals surface area contributed by atoms with E-state index in [2.05, 4.69) is 51.0 Å². The standard InChI is InChI=1S/C23H27N3O2S2/c1-30(27,28)25-21-7-8-23-22(15-21)20(16-24-23)17-29-14-13-26-11-9-19(10-12-26)18-5-3-2-4-6-18/h2-9,15-16,24-25H,10-14,17H2,1H3. The van der Waals surface area contributed by atoms with Gasteiger partial charge in [-0.1, -0.05) is 36.4 Å². The molecule has 0 saturated carbocycles. The number of anilines is 1. The Balaban J connectivity index is 1.28. The minimum atomic E-state index is -3.27. The summed E-state index contributed by atoms with van der Waals surface area (Å²) in [7, 11) is -3.27. The lowest BCUT2D eigenvalue weighted by molar-refractivity contribution is 0.321. The Labute approximate surface area is 182 Å². The number of rotatable bonds is 8. The van der Waals surface area contributed by atoms with Crippen LogP contribution in [0.3, 0.4) is 0 Å². The van der Waals surface area contributed by atoms with Crippen LogP contribution in [0.1, 0.15) is 17.5 Å². The van der Waals surface area contributed by atoms with Gasteiger partial charge in [-0.15, -0.1) is 0 Å². The molecule has 0 saturated heterocycles. The summed E-state index contributed by atoms with van der Waals surface area (Å²) in [6.45, 7) is 3.19. The van der Waals surface area contributed by atoms with E-state index in [0.29, 0.717) is 5.69 Å². The first kappa shape index (κ1) is 21.0. The van der Waals surface area contributed by atoms with Crippen molar-refractivity contribution in [3.8, 4) is 0 Å². The molecule has 7 heteroatoms. The predicted octanol–water partition coefficient (Wildman–Crippen LogP) is 4.56. The number of nitrogens with zero attached hydrogens (tertiary/aromatic N) is 1. The molecule has 0 amide bonds. The molecule has 1 aromatic heterocycles. The van der Waals surface area contributed by atoms with Gasteiger partial charge in [0.15, 0.2) is 0 Å². The molecule has 0 atom stereocenters. The van der Waals surface area contributed by atoms with Gasteiger partial charge in [-0.25, -0.2) is 8.42 Å². The minimum absolute atomic E-state index is 0.602. The Morgan fingerprint density at radius 2 is 2.00 bits per heavy atom. The third-order valence-corrected chi connectivity index (χ3v) is 6.91. The zero-order valence-corrected chi connectivity index (χ0v) is 18.7. The lowest BCUT2D eigenvalue weighted by Crippen LogP contribution is -2.30. The van der Waals surface area contributed by atoms with Crippen LogP contribution in [0.15, 0.2) is 60.8 Å². The molecule has 158 valence electrons. The lowest BCUT2D eigenvalue weighted by Gasteiger charge is -2.26. The number of hydrogen-bond acceptors (Lipinski definition) is 4. The number of hydrogen-bond donors (Lipinski definition) is 2. The van der Waals surface area contributed by atoms with Crippen molar-refractivity contribution in [2.24, 2.45) is 0 Å². The van der Waals surface area contributed by atoms with Crippen LogP contribution < -0.4 is 4.72 Å². The Morgan fingerprint density at radius 1 is 1.17 bits per heavy atom. The quantitative estimate of drug-likeness (QED) is 0.503.